The topological polar surface area (TPSA) is 69.0 Å². The van der Waals surface area contributed by atoms with Crippen LogP contribution in [0.25, 0.3) is 16.9 Å². The zero-order valence-electron chi connectivity index (χ0n) is 16.1. The summed E-state index contributed by atoms with van der Waals surface area (Å²) in [6.45, 7) is 5.28. The molecule has 0 saturated heterocycles. The van der Waals surface area contributed by atoms with Crippen LogP contribution in [0.2, 0.25) is 0 Å². The van der Waals surface area contributed by atoms with Crippen molar-refractivity contribution in [2.24, 2.45) is 0 Å². The van der Waals surface area contributed by atoms with Crippen molar-refractivity contribution < 1.29 is 14.3 Å². The highest BCUT2D eigenvalue weighted by Gasteiger charge is 2.21. The molecular weight excluding hydrogens is 344 g/mol. The Balaban J connectivity index is 2.12. The first-order valence-electron chi connectivity index (χ1n) is 8.96. The average molecular weight is 368 g/mol. The van der Waals surface area contributed by atoms with Gasteiger partial charge in [0.1, 0.15) is 5.75 Å². The van der Waals surface area contributed by atoms with Crippen LogP contribution in [0.4, 0.5) is 0 Å². The minimum atomic E-state index is 0.0428. The number of carbonyl (C=O) groups is 1. The third-order valence-corrected chi connectivity index (χ3v) is 4.55. The number of likely N-dealkylation sites (N-methyl/N-ethyl adjacent to an activating group) is 1. The number of carbonyl (C=O) groups excluding carboxylic acids is 1. The van der Waals surface area contributed by atoms with Gasteiger partial charge in [-0.2, -0.15) is 0 Å². The first-order chi connectivity index (χ1) is 13.1. The third kappa shape index (κ3) is 3.72. The predicted octanol–water partition coefficient (Wildman–Crippen LogP) is 2.82. The SMILES string of the molecule is CCN(CC)C(=O)Cc1c(-c2ccc(OC)cc2)nc2ccc(OC)nn12. The van der Waals surface area contributed by atoms with Gasteiger partial charge in [0.25, 0.3) is 0 Å². The molecule has 0 aliphatic heterocycles. The van der Waals surface area contributed by atoms with Crippen LogP contribution >= 0.6 is 0 Å². The Labute approximate surface area is 158 Å². The molecule has 2 heterocycles. The van der Waals surface area contributed by atoms with E-state index in [0.717, 1.165) is 22.7 Å². The van der Waals surface area contributed by atoms with E-state index in [1.807, 2.05) is 44.2 Å². The van der Waals surface area contributed by atoms with Gasteiger partial charge in [0, 0.05) is 24.7 Å². The van der Waals surface area contributed by atoms with Crippen molar-refractivity contribution in [1.29, 1.82) is 0 Å². The van der Waals surface area contributed by atoms with Crippen LogP contribution in [-0.2, 0) is 11.2 Å². The summed E-state index contributed by atoms with van der Waals surface area (Å²) in [5, 5.41) is 4.47. The van der Waals surface area contributed by atoms with Gasteiger partial charge < -0.3 is 14.4 Å². The molecule has 0 fully saturated rings. The Morgan fingerprint density at radius 2 is 1.74 bits per heavy atom. The monoisotopic (exact) mass is 368 g/mol. The Morgan fingerprint density at radius 3 is 2.33 bits per heavy atom. The molecule has 0 N–H and O–H groups in total. The van der Waals surface area contributed by atoms with Gasteiger partial charge in [0.2, 0.25) is 11.8 Å². The van der Waals surface area contributed by atoms with Crippen molar-refractivity contribution in [1.82, 2.24) is 19.5 Å². The molecule has 1 aromatic carbocycles. The normalized spacial score (nSPS) is 10.8. The van der Waals surface area contributed by atoms with E-state index in [1.165, 1.54) is 0 Å². The molecule has 3 aromatic rings. The Morgan fingerprint density at radius 1 is 1.04 bits per heavy atom. The summed E-state index contributed by atoms with van der Waals surface area (Å²) < 4.78 is 12.2. The summed E-state index contributed by atoms with van der Waals surface area (Å²) >= 11 is 0. The molecule has 142 valence electrons. The van der Waals surface area contributed by atoms with Crippen molar-refractivity contribution in [3.8, 4) is 22.9 Å². The molecule has 27 heavy (non-hydrogen) atoms. The van der Waals surface area contributed by atoms with E-state index >= 15 is 0 Å². The van der Waals surface area contributed by atoms with Crippen molar-refractivity contribution in [3.05, 3.63) is 42.1 Å². The number of ether oxygens (including phenoxy) is 2. The van der Waals surface area contributed by atoms with Crippen LogP contribution in [0.1, 0.15) is 19.5 Å². The van der Waals surface area contributed by atoms with Crippen LogP contribution < -0.4 is 9.47 Å². The van der Waals surface area contributed by atoms with Crippen LogP contribution in [0, 0.1) is 0 Å². The summed E-state index contributed by atoms with van der Waals surface area (Å²) in [7, 11) is 3.19. The van der Waals surface area contributed by atoms with E-state index in [0.29, 0.717) is 24.6 Å². The second kappa shape index (κ2) is 8.07. The molecule has 0 unspecified atom stereocenters. The number of hydrogen-bond acceptors (Lipinski definition) is 5. The van der Waals surface area contributed by atoms with Crippen molar-refractivity contribution in [2.75, 3.05) is 27.3 Å². The van der Waals surface area contributed by atoms with Gasteiger partial charge >= 0.3 is 0 Å². The lowest BCUT2D eigenvalue weighted by Crippen LogP contribution is -2.32. The van der Waals surface area contributed by atoms with Gasteiger partial charge in [-0.05, 0) is 44.2 Å². The van der Waals surface area contributed by atoms with E-state index in [4.69, 9.17) is 14.5 Å². The molecule has 1 amide bonds. The predicted molar refractivity (Wildman–Crippen MR) is 103 cm³/mol. The Kier molecular flexibility index (Phi) is 5.59. The van der Waals surface area contributed by atoms with Gasteiger partial charge in [-0.15, -0.1) is 5.10 Å². The van der Waals surface area contributed by atoms with E-state index in [1.54, 1.807) is 29.7 Å². The highest BCUT2D eigenvalue weighted by molar-refractivity contribution is 5.81. The van der Waals surface area contributed by atoms with E-state index in [-0.39, 0.29) is 12.3 Å². The van der Waals surface area contributed by atoms with Gasteiger partial charge in [0.05, 0.1) is 32.0 Å². The van der Waals surface area contributed by atoms with E-state index in [2.05, 4.69) is 5.10 Å². The lowest BCUT2D eigenvalue weighted by Gasteiger charge is -2.18. The molecule has 0 aliphatic rings. The molecule has 0 saturated carbocycles. The van der Waals surface area contributed by atoms with Crippen molar-refractivity contribution in [2.45, 2.75) is 20.3 Å². The highest BCUT2D eigenvalue weighted by Crippen LogP contribution is 2.27. The van der Waals surface area contributed by atoms with Crippen LogP contribution in [0.5, 0.6) is 11.6 Å². The van der Waals surface area contributed by atoms with E-state index in [9.17, 15) is 4.79 Å². The number of nitrogens with zero attached hydrogens (tertiary/aromatic N) is 4. The minimum Gasteiger partial charge on any atom is -0.497 e. The second-order valence-electron chi connectivity index (χ2n) is 6.02. The number of benzene rings is 1. The molecule has 0 atom stereocenters. The van der Waals surface area contributed by atoms with Gasteiger partial charge in [-0.1, -0.05) is 0 Å². The number of amides is 1. The molecule has 7 heteroatoms. The molecule has 3 rings (SSSR count). The number of imidazole rings is 1. The maximum absolute atomic E-state index is 12.8. The lowest BCUT2D eigenvalue weighted by atomic mass is 10.1. The van der Waals surface area contributed by atoms with Gasteiger partial charge in [-0.25, -0.2) is 9.50 Å². The minimum absolute atomic E-state index is 0.0428. The molecular formula is C20H24N4O3. The molecule has 2 aromatic heterocycles. The maximum atomic E-state index is 12.8. The largest absolute Gasteiger partial charge is 0.497 e. The zero-order chi connectivity index (χ0) is 19.4. The average Bonchev–Trinajstić information content (AvgIpc) is 3.06. The first-order valence-corrected chi connectivity index (χ1v) is 8.96. The van der Waals surface area contributed by atoms with Crippen LogP contribution in [0.3, 0.4) is 0 Å². The molecule has 0 bridgehead atoms. The quantitative estimate of drug-likeness (QED) is 0.641. The standard InChI is InChI=1S/C20H24N4O3/c1-5-23(6-2)19(25)13-16-20(14-7-9-15(26-3)10-8-14)21-17-11-12-18(27-4)22-24(16)17/h7-12H,5-6,13H2,1-4H3. The molecule has 0 aliphatic carbocycles. The Hall–Kier alpha value is -3.09. The number of hydrogen-bond donors (Lipinski definition) is 0. The number of aromatic nitrogens is 3. The fraction of sp³-hybridized carbons (Fsp3) is 0.350. The lowest BCUT2D eigenvalue weighted by molar-refractivity contribution is -0.130. The zero-order valence-corrected chi connectivity index (χ0v) is 16.1. The summed E-state index contributed by atoms with van der Waals surface area (Å²) in [5.41, 5.74) is 3.05. The number of rotatable bonds is 7. The van der Waals surface area contributed by atoms with Crippen molar-refractivity contribution >= 4 is 11.6 Å². The van der Waals surface area contributed by atoms with Gasteiger partial charge in [-0.3, -0.25) is 4.79 Å². The smallest absolute Gasteiger partial charge is 0.231 e. The fourth-order valence-corrected chi connectivity index (χ4v) is 3.04. The van der Waals surface area contributed by atoms with Crippen LogP contribution in [-0.4, -0.2) is 52.7 Å². The molecule has 0 radical (unpaired) electrons. The molecule has 0 spiro atoms. The van der Waals surface area contributed by atoms with E-state index < -0.39 is 0 Å². The van der Waals surface area contributed by atoms with Crippen molar-refractivity contribution in [3.63, 3.8) is 0 Å². The summed E-state index contributed by atoms with van der Waals surface area (Å²) in [4.78, 5) is 19.3. The van der Waals surface area contributed by atoms with Gasteiger partial charge in [0.15, 0.2) is 5.65 Å². The Bertz CT molecular complexity index is 930. The van der Waals surface area contributed by atoms with Crippen LogP contribution in [0.15, 0.2) is 36.4 Å². The second-order valence-corrected chi connectivity index (χ2v) is 6.02. The maximum Gasteiger partial charge on any atom is 0.231 e. The highest BCUT2D eigenvalue weighted by atomic mass is 16.5. The number of methoxy groups -OCH3 is 2. The number of fused-ring (bicyclic) bond motifs is 1. The fourth-order valence-electron chi connectivity index (χ4n) is 3.04. The third-order valence-electron chi connectivity index (χ3n) is 4.55. The summed E-state index contributed by atoms with van der Waals surface area (Å²) in [5.74, 6) is 1.28. The molecule has 7 nitrogen and oxygen atoms in total. The summed E-state index contributed by atoms with van der Waals surface area (Å²) in [6.07, 6.45) is 0.213. The summed E-state index contributed by atoms with van der Waals surface area (Å²) in [6, 6.07) is 11.2. The first kappa shape index (κ1) is 18.7.